The molecule has 2 amide bonds. The molecule has 0 radical (unpaired) electrons. The third-order valence-electron chi connectivity index (χ3n) is 5.69. The molecule has 1 unspecified atom stereocenters. The zero-order valence-corrected chi connectivity index (χ0v) is 20.5. The molecule has 0 saturated carbocycles. The van der Waals surface area contributed by atoms with Crippen molar-refractivity contribution in [1.29, 1.82) is 0 Å². The smallest absolute Gasteiger partial charge is 0.222 e. The van der Waals surface area contributed by atoms with E-state index in [2.05, 4.69) is 38.7 Å². The SMILES string of the molecule is CN=C(NCCNC(=O)C(C)C)N1CC(CCN2CCCC2=O)c2ccccc21.I. The molecule has 166 valence electrons. The van der Waals surface area contributed by atoms with Crippen molar-refractivity contribution >= 4 is 47.4 Å². The maximum atomic E-state index is 11.9. The Morgan fingerprint density at radius 3 is 2.63 bits per heavy atom. The van der Waals surface area contributed by atoms with E-state index in [1.165, 1.54) is 11.3 Å². The average Bonchev–Trinajstić information content (AvgIpc) is 3.29. The molecule has 0 aliphatic carbocycles. The summed E-state index contributed by atoms with van der Waals surface area (Å²) in [6, 6.07) is 8.44. The molecular formula is C22H34IN5O2. The predicted octanol–water partition coefficient (Wildman–Crippen LogP) is 2.57. The van der Waals surface area contributed by atoms with Crippen LogP contribution in [0.15, 0.2) is 29.3 Å². The van der Waals surface area contributed by atoms with Crippen molar-refractivity contribution in [2.75, 3.05) is 44.7 Å². The number of nitrogens with zero attached hydrogens (tertiary/aromatic N) is 3. The summed E-state index contributed by atoms with van der Waals surface area (Å²) < 4.78 is 0. The number of likely N-dealkylation sites (tertiary alicyclic amines) is 1. The van der Waals surface area contributed by atoms with Crippen LogP contribution in [0.3, 0.4) is 0 Å². The molecule has 2 heterocycles. The van der Waals surface area contributed by atoms with Gasteiger partial charge in [0.05, 0.1) is 0 Å². The van der Waals surface area contributed by atoms with Gasteiger partial charge in [0.15, 0.2) is 5.96 Å². The number of carbonyl (C=O) groups is 2. The quantitative estimate of drug-likeness (QED) is 0.248. The Bertz CT molecular complexity index is 768. The summed E-state index contributed by atoms with van der Waals surface area (Å²) in [5.74, 6) is 1.52. The highest BCUT2D eigenvalue weighted by molar-refractivity contribution is 14.0. The molecule has 7 nitrogen and oxygen atoms in total. The first-order valence-electron chi connectivity index (χ1n) is 10.6. The minimum Gasteiger partial charge on any atom is -0.354 e. The zero-order chi connectivity index (χ0) is 20.8. The van der Waals surface area contributed by atoms with Gasteiger partial charge >= 0.3 is 0 Å². The molecular weight excluding hydrogens is 493 g/mol. The lowest BCUT2D eigenvalue weighted by molar-refractivity contribution is -0.127. The number of rotatable bonds is 7. The Morgan fingerprint density at radius 1 is 1.23 bits per heavy atom. The second-order valence-electron chi connectivity index (χ2n) is 8.06. The van der Waals surface area contributed by atoms with Crippen molar-refractivity contribution in [3.05, 3.63) is 29.8 Å². The number of amides is 2. The molecule has 0 bridgehead atoms. The molecule has 1 atom stereocenters. The number of carbonyl (C=O) groups excluding carboxylic acids is 2. The Kier molecular flexibility index (Phi) is 9.38. The summed E-state index contributed by atoms with van der Waals surface area (Å²) in [5.41, 5.74) is 2.49. The molecule has 1 saturated heterocycles. The number of fused-ring (bicyclic) bond motifs is 1. The van der Waals surface area contributed by atoms with Gasteiger partial charge in [-0.15, -0.1) is 24.0 Å². The van der Waals surface area contributed by atoms with E-state index < -0.39 is 0 Å². The van der Waals surface area contributed by atoms with Crippen LogP contribution in [0.5, 0.6) is 0 Å². The van der Waals surface area contributed by atoms with Crippen molar-refractivity contribution in [3.8, 4) is 0 Å². The Balaban J connectivity index is 0.00000320. The van der Waals surface area contributed by atoms with E-state index in [1.807, 2.05) is 24.8 Å². The van der Waals surface area contributed by atoms with E-state index in [0.29, 0.717) is 25.4 Å². The number of hydrogen-bond donors (Lipinski definition) is 2. The van der Waals surface area contributed by atoms with Crippen LogP contribution in [0, 0.1) is 5.92 Å². The third-order valence-corrected chi connectivity index (χ3v) is 5.69. The standard InChI is InChI=1S/C22H33N5O2.HI/c1-16(2)21(29)24-11-12-25-22(23-3)27-15-17(18-7-4-5-8-19(18)27)10-14-26-13-6-9-20(26)28;/h4-5,7-8,16-17H,6,9-15H2,1-3H3,(H,23,25)(H,24,29);1H. The van der Waals surface area contributed by atoms with Crippen LogP contribution >= 0.6 is 24.0 Å². The maximum absolute atomic E-state index is 11.9. The lowest BCUT2D eigenvalue weighted by Gasteiger charge is -2.23. The first kappa shape index (κ1) is 24.4. The molecule has 2 N–H and O–H groups in total. The van der Waals surface area contributed by atoms with Crippen molar-refractivity contribution in [3.63, 3.8) is 0 Å². The number of nitrogens with one attached hydrogen (secondary N) is 2. The van der Waals surface area contributed by atoms with Gasteiger partial charge in [0.1, 0.15) is 0 Å². The van der Waals surface area contributed by atoms with E-state index >= 15 is 0 Å². The van der Waals surface area contributed by atoms with Gasteiger partial charge in [-0.25, -0.2) is 0 Å². The van der Waals surface area contributed by atoms with Gasteiger partial charge in [0, 0.05) is 63.7 Å². The second kappa shape index (κ2) is 11.5. The fraction of sp³-hybridized carbons (Fsp3) is 0.591. The first-order valence-corrected chi connectivity index (χ1v) is 10.6. The van der Waals surface area contributed by atoms with Gasteiger partial charge in [0.2, 0.25) is 11.8 Å². The summed E-state index contributed by atoms with van der Waals surface area (Å²) in [7, 11) is 1.79. The number of para-hydroxylation sites is 1. The topological polar surface area (TPSA) is 77.0 Å². The number of hydrogen-bond acceptors (Lipinski definition) is 3. The molecule has 0 spiro atoms. The molecule has 30 heavy (non-hydrogen) atoms. The van der Waals surface area contributed by atoms with E-state index in [1.54, 1.807) is 7.05 Å². The first-order chi connectivity index (χ1) is 14.0. The van der Waals surface area contributed by atoms with Crippen LogP contribution in [-0.2, 0) is 9.59 Å². The molecule has 0 aromatic heterocycles. The predicted molar refractivity (Wildman–Crippen MR) is 132 cm³/mol. The monoisotopic (exact) mass is 527 g/mol. The third kappa shape index (κ3) is 5.86. The van der Waals surface area contributed by atoms with Crippen LogP contribution in [-0.4, -0.2) is 62.4 Å². The molecule has 8 heteroatoms. The largest absolute Gasteiger partial charge is 0.354 e. The van der Waals surface area contributed by atoms with Crippen LogP contribution in [0.1, 0.15) is 44.6 Å². The fourth-order valence-electron chi connectivity index (χ4n) is 4.05. The average molecular weight is 527 g/mol. The van der Waals surface area contributed by atoms with Crippen LogP contribution in [0.2, 0.25) is 0 Å². The highest BCUT2D eigenvalue weighted by Gasteiger charge is 2.32. The normalized spacial score (nSPS) is 18.5. The Morgan fingerprint density at radius 2 is 1.97 bits per heavy atom. The summed E-state index contributed by atoms with van der Waals surface area (Å²) >= 11 is 0. The van der Waals surface area contributed by atoms with Gasteiger partial charge < -0.3 is 20.4 Å². The maximum Gasteiger partial charge on any atom is 0.222 e. The van der Waals surface area contributed by atoms with Crippen molar-refractivity contribution in [1.82, 2.24) is 15.5 Å². The van der Waals surface area contributed by atoms with E-state index in [9.17, 15) is 9.59 Å². The minimum absolute atomic E-state index is 0. The molecule has 3 rings (SSSR count). The molecule has 1 aromatic rings. The van der Waals surface area contributed by atoms with Crippen LogP contribution < -0.4 is 15.5 Å². The molecule has 2 aliphatic rings. The minimum atomic E-state index is -0.0111. The number of benzene rings is 1. The number of anilines is 1. The van der Waals surface area contributed by atoms with Gasteiger partial charge in [-0.1, -0.05) is 32.0 Å². The number of aliphatic imine (C=N–C) groups is 1. The van der Waals surface area contributed by atoms with Crippen molar-refractivity contribution in [2.24, 2.45) is 10.9 Å². The van der Waals surface area contributed by atoms with Gasteiger partial charge in [-0.05, 0) is 24.5 Å². The van der Waals surface area contributed by atoms with Gasteiger partial charge in [0.25, 0.3) is 0 Å². The number of halogens is 1. The highest BCUT2D eigenvalue weighted by Crippen LogP contribution is 2.38. The molecule has 1 aromatic carbocycles. The summed E-state index contributed by atoms with van der Waals surface area (Å²) in [4.78, 5) is 32.3. The zero-order valence-electron chi connectivity index (χ0n) is 18.2. The lowest BCUT2D eigenvalue weighted by Crippen LogP contribution is -2.44. The van der Waals surface area contributed by atoms with Crippen LogP contribution in [0.4, 0.5) is 5.69 Å². The Labute approximate surface area is 196 Å². The second-order valence-corrected chi connectivity index (χ2v) is 8.06. The van der Waals surface area contributed by atoms with Crippen molar-refractivity contribution in [2.45, 2.75) is 39.0 Å². The summed E-state index contributed by atoms with van der Waals surface area (Å²) in [6.07, 6.45) is 2.63. The van der Waals surface area contributed by atoms with E-state index in [0.717, 1.165) is 38.4 Å². The number of guanidine groups is 1. The summed E-state index contributed by atoms with van der Waals surface area (Å²) in [5, 5.41) is 6.29. The van der Waals surface area contributed by atoms with Crippen molar-refractivity contribution < 1.29 is 9.59 Å². The Hall–Kier alpha value is -1.84. The highest BCUT2D eigenvalue weighted by atomic mass is 127. The van der Waals surface area contributed by atoms with E-state index in [4.69, 9.17) is 0 Å². The summed E-state index contributed by atoms with van der Waals surface area (Å²) in [6.45, 7) is 7.51. The van der Waals surface area contributed by atoms with Crippen LogP contribution in [0.25, 0.3) is 0 Å². The molecule has 1 fully saturated rings. The van der Waals surface area contributed by atoms with E-state index in [-0.39, 0.29) is 41.7 Å². The van der Waals surface area contributed by atoms with Gasteiger partial charge in [-0.3, -0.25) is 14.6 Å². The fourth-order valence-corrected chi connectivity index (χ4v) is 4.05. The lowest BCUT2D eigenvalue weighted by atomic mass is 9.98. The molecule has 2 aliphatic heterocycles. The van der Waals surface area contributed by atoms with Gasteiger partial charge in [-0.2, -0.15) is 0 Å².